The number of carboxylic acids is 1. The van der Waals surface area contributed by atoms with Crippen LogP contribution in [0.2, 0.25) is 0 Å². The smallest absolute Gasteiger partial charge is 0.355 e. The van der Waals surface area contributed by atoms with E-state index >= 15 is 0 Å². The van der Waals surface area contributed by atoms with Gasteiger partial charge in [0.2, 0.25) is 0 Å². The lowest BCUT2D eigenvalue weighted by Crippen LogP contribution is -1.95. The second-order valence-electron chi connectivity index (χ2n) is 4.45. The van der Waals surface area contributed by atoms with Crippen molar-refractivity contribution in [2.45, 2.75) is 25.5 Å². The van der Waals surface area contributed by atoms with Gasteiger partial charge in [-0.1, -0.05) is 37.6 Å². The molecule has 1 N–H and O–H groups in total. The highest BCUT2D eigenvalue weighted by atomic mass is 32.2. The highest BCUT2D eigenvalue weighted by Crippen LogP contribution is 2.25. The Morgan fingerprint density at radius 1 is 1.35 bits per heavy atom. The molecule has 0 fully saturated rings. The van der Waals surface area contributed by atoms with Crippen molar-refractivity contribution >= 4 is 29.1 Å². The molecule has 0 aliphatic rings. The number of rotatable bonds is 7. The standard InChI is InChI=1S/C15H17NO2S2/c1-2-3-8-19-9-11-4-6-12(7-5-11)14-16-13(10-20-14)15(17)18/h4-7,10H,2-3,8-9H2,1H3,(H,17,18). The molecule has 0 saturated carbocycles. The summed E-state index contributed by atoms with van der Waals surface area (Å²) in [6.45, 7) is 2.20. The zero-order chi connectivity index (χ0) is 14.4. The molecule has 0 aliphatic carbocycles. The van der Waals surface area contributed by atoms with E-state index in [0.717, 1.165) is 16.3 Å². The van der Waals surface area contributed by atoms with Gasteiger partial charge >= 0.3 is 5.97 Å². The maximum Gasteiger partial charge on any atom is 0.355 e. The topological polar surface area (TPSA) is 50.2 Å². The van der Waals surface area contributed by atoms with Crippen molar-refractivity contribution in [1.82, 2.24) is 4.98 Å². The fourth-order valence-electron chi connectivity index (χ4n) is 1.68. The third-order valence-electron chi connectivity index (χ3n) is 2.84. The first kappa shape index (κ1) is 15.1. The number of hydrogen-bond acceptors (Lipinski definition) is 4. The molecule has 1 aromatic carbocycles. The van der Waals surface area contributed by atoms with Gasteiger partial charge in [-0.2, -0.15) is 11.8 Å². The second-order valence-corrected chi connectivity index (χ2v) is 6.41. The van der Waals surface area contributed by atoms with Crippen LogP contribution in [0.4, 0.5) is 0 Å². The van der Waals surface area contributed by atoms with Gasteiger partial charge in [-0.15, -0.1) is 11.3 Å². The number of aromatic nitrogens is 1. The number of benzene rings is 1. The molecular weight excluding hydrogens is 290 g/mol. The number of thioether (sulfide) groups is 1. The largest absolute Gasteiger partial charge is 0.476 e. The zero-order valence-electron chi connectivity index (χ0n) is 11.3. The monoisotopic (exact) mass is 307 g/mol. The van der Waals surface area contributed by atoms with Crippen molar-refractivity contribution in [1.29, 1.82) is 0 Å². The molecule has 0 bridgehead atoms. The maximum absolute atomic E-state index is 10.8. The molecule has 0 atom stereocenters. The third kappa shape index (κ3) is 4.08. The van der Waals surface area contributed by atoms with Crippen LogP contribution in [-0.2, 0) is 5.75 Å². The Bertz CT molecular complexity index is 564. The molecule has 0 saturated heterocycles. The number of thiazole rings is 1. The van der Waals surface area contributed by atoms with Crippen molar-refractivity contribution < 1.29 is 9.90 Å². The zero-order valence-corrected chi connectivity index (χ0v) is 13.0. The number of aromatic carboxylic acids is 1. The van der Waals surface area contributed by atoms with Crippen LogP contribution in [-0.4, -0.2) is 21.8 Å². The van der Waals surface area contributed by atoms with E-state index in [4.69, 9.17) is 5.11 Å². The molecule has 1 heterocycles. The summed E-state index contributed by atoms with van der Waals surface area (Å²) < 4.78 is 0. The number of carbonyl (C=O) groups is 1. The lowest BCUT2D eigenvalue weighted by molar-refractivity contribution is 0.0691. The molecule has 106 valence electrons. The molecule has 0 spiro atoms. The van der Waals surface area contributed by atoms with Crippen LogP contribution in [0.1, 0.15) is 35.8 Å². The van der Waals surface area contributed by atoms with Crippen LogP contribution >= 0.6 is 23.1 Å². The first-order valence-electron chi connectivity index (χ1n) is 6.56. The minimum absolute atomic E-state index is 0.115. The molecule has 0 unspecified atom stereocenters. The lowest BCUT2D eigenvalue weighted by Gasteiger charge is -2.02. The van der Waals surface area contributed by atoms with Gasteiger partial charge in [0, 0.05) is 16.7 Å². The summed E-state index contributed by atoms with van der Waals surface area (Å²) in [5, 5.41) is 11.2. The molecule has 20 heavy (non-hydrogen) atoms. The van der Waals surface area contributed by atoms with Crippen LogP contribution in [0.3, 0.4) is 0 Å². The Balaban J connectivity index is 1.98. The van der Waals surface area contributed by atoms with Crippen molar-refractivity contribution in [2.75, 3.05) is 5.75 Å². The van der Waals surface area contributed by atoms with Gasteiger partial charge in [0.25, 0.3) is 0 Å². The van der Waals surface area contributed by atoms with E-state index < -0.39 is 5.97 Å². The van der Waals surface area contributed by atoms with Crippen molar-refractivity contribution in [3.05, 3.63) is 40.9 Å². The predicted octanol–water partition coefficient (Wildman–Crippen LogP) is 4.54. The van der Waals surface area contributed by atoms with Crippen LogP contribution in [0.15, 0.2) is 29.6 Å². The molecule has 0 amide bonds. The fraction of sp³-hybridized carbons (Fsp3) is 0.333. The summed E-state index contributed by atoms with van der Waals surface area (Å²) in [6.07, 6.45) is 2.50. The van der Waals surface area contributed by atoms with E-state index in [1.165, 1.54) is 35.5 Å². The average molecular weight is 307 g/mol. The quantitative estimate of drug-likeness (QED) is 0.763. The van der Waals surface area contributed by atoms with Gasteiger partial charge < -0.3 is 5.11 Å². The number of carboxylic acid groups (broad SMARTS) is 1. The van der Waals surface area contributed by atoms with Crippen molar-refractivity contribution in [3.8, 4) is 10.6 Å². The summed E-state index contributed by atoms with van der Waals surface area (Å²) in [7, 11) is 0. The fourth-order valence-corrected chi connectivity index (χ4v) is 3.55. The van der Waals surface area contributed by atoms with Gasteiger partial charge in [-0.3, -0.25) is 0 Å². The number of nitrogens with zero attached hydrogens (tertiary/aromatic N) is 1. The van der Waals surface area contributed by atoms with Gasteiger partial charge in [0.1, 0.15) is 5.01 Å². The Morgan fingerprint density at radius 2 is 2.10 bits per heavy atom. The minimum atomic E-state index is -0.976. The number of hydrogen-bond donors (Lipinski definition) is 1. The highest BCUT2D eigenvalue weighted by Gasteiger charge is 2.09. The molecule has 2 aromatic rings. The summed E-state index contributed by atoms with van der Waals surface area (Å²) in [6, 6.07) is 8.21. The average Bonchev–Trinajstić information content (AvgIpc) is 2.94. The number of unbranched alkanes of at least 4 members (excludes halogenated alkanes) is 1. The van der Waals surface area contributed by atoms with E-state index in [1.54, 1.807) is 5.38 Å². The minimum Gasteiger partial charge on any atom is -0.476 e. The lowest BCUT2D eigenvalue weighted by atomic mass is 10.2. The second kappa shape index (κ2) is 7.45. The molecular formula is C15H17NO2S2. The predicted molar refractivity (Wildman–Crippen MR) is 85.6 cm³/mol. The Morgan fingerprint density at radius 3 is 2.70 bits per heavy atom. The molecule has 1 aromatic heterocycles. The van der Waals surface area contributed by atoms with Crippen LogP contribution in [0.5, 0.6) is 0 Å². The van der Waals surface area contributed by atoms with Gasteiger partial charge in [-0.25, -0.2) is 9.78 Å². The highest BCUT2D eigenvalue weighted by molar-refractivity contribution is 7.98. The van der Waals surface area contributed by atoms with Gasteiger partial charge in [-0.05, 0) is 17.7 Å². The van der Waals surface area contributed by atoms with E-state index in [2.05, 4.69) is 24.0 Å². The van der Waals surface area contributed by atoms with Gasteiger partial charge in [0.15, 0.2) is 5.69 Å². The molecule has 0 radical (unpaired) electrons. The molecule has 2 rings (SSSR count). The molecule has 5 heteroatoms. The van der Waals surface area contributed by atoms with Crippen LogP contribution in [0, 0.1) is 0 Å². The summed E-state index contributed by atoms with van der Waals surface area (Å²) in [5.74, 6) is 1.25. The summed E-state index contributed by atoms with van der Waals surface area (Å²) in [4.78, 5) is 14.9. The summed E-state index contributed by atoms with van der Waals surface area (Å²) in [5.41, 5.74) is 2.39. The van der Waals surface area contributed by atoms with E-state index in [9.17, 15) is 4.79 Å². The van der Waals surface area contributed by atoms with E-state index in [1.807, 2.05) is 23.9 Å². The van der Waals surface area contributed by atoms with E-state index in [-0.39, 0.29) is 5.69 Å². The van der Waals surface area contributed by atoms with Gasteiger partial charge in [0.05, 0.1) is 0 Å². The van der Waals surface area contributed by atoms with Crippen LogP contribution in [0.25, 0.3) is 10.6 Å². The molecule has 0 aliphatic heterocycles. The molecule has 3 nitrogen and oxygen atoms in total. The first-order valence-corrected chi connectivity index (χ1v) is 8.60. The SMILES string of the molecule is CCCCSCc1ccc(-c2nc(C(=O)O)cs2)cc1. The van der Waals surface area contributed by atoms with Crippen molar-refractivity contribution in [2.24, 2.45) is 0 Å². The van der Waals surface area contributed by atoms with Crippen LogP contribution < -0.4 is 0 Å². The Hall–Kier alpha value is -1.33. The Kier molecular flexibility index (Phi) is 5.61. The maximum atomic E-state index is 10.8. The van der Waals surface area contributed by atoms with E-state index in [0.29, 0.717) is 0 Å². The Labute approximate surface area is 127 Å². The first-order chi connectivity index (χ1) is 9.70. The normalized spacial score (nSPS) is 10.7. The third-order valence-corrected chi connectivity index (χ3v) is 4.84. The van der Waals surface area contributed by atoms with Crippen molar-refractivity contribution in [3.63, 3.8) is 0 Å². The summed E-state index contributed by atoms with van der Waals surface area (Å²) >= 11 is 3.31.